The van der Waals surface area contributed by atoms with Gasteiger partial charge in [-0.3, -0.25) is 9.59 Å². The molecule has 2 aliphatic rings. The first-order valence-electron chi connectivity index (χ1n) is 8.11. The number of benzene rings is 1. The molecule has 1 aliphatic carbocycles. The SMILES string of the molecule is CC(C)C(Br)C(=O)c1ccc2c(c1)CCCN2C(=O)C1CC1. The van der Waals surface area contributed by atoms with E-state index in [-0.39, 0.29) is 28.4 Å². The maximum absolute atomic E-state index is 12.5. The first-order valence-corrected chi connectivity index (χ1v) is 9.03. The Kier molecular flexibility index (Phi) is 4.40. The quantitative estimate of drug-likeness (QED) is 0.599. The van der Waals surface area contributed by atoms with Gasteiger partial charge in [0.1, 0.15) is 0 Å². The van der Waals surface area contributed by atoms with Crippen molar-refractivity contribution < 1.29 is 9.59 Å². The van der Waals surface area contributed by atoms with Crippen molar-refractivity contribution in [1.29, 1.82) is 0 Å². The van der Waals surface area contributed by atoms with Gasteiger partial charge in [-0.05, 0) is 55.4 Å². The molecule has 0 spiro atoms. The fraction of sp³-hybridized carbons (Fsp3) is 0.556. The Hall–Kier alpha value is -1.16. The Bertz CT molecular complexity index is 607. The number of ketones is 1. The topological polar surface area (TPSA) is 37.4 Å². The number of alkyl halides is 1. The van der Waals surface area contributed by atoms with E-state index in [1.54, 1.807) is 0 Å². The first-order chi connectivity index (χ1) is 10.5. The van der Waals surface area contributed by atoms with Crippen LogP contribution in [0.25, 0.3) is 0 Å². The number of halogens is 1. The molecular weight excluding hydrogens is 342 g/mol. The van der Waals surface area contributed by atoms with Crippen molar-refractivity contribution >= 4 is 33.3 Å². The number of hydrogen-bond acceptors (Lipinski definition) is 2. The number of rotatable bonds is 4. The minimum atomic E-state index is -0.154. The number of carbonyl (C=O) groups is 2. The van der Waals surface area contributed by atoms with Crippen LogP contribution in [0.2, 0.25) is 0 Å². The molecule has 118 valence electrons. The second-order valence-corrected chi connectivity index (χ2v) is 7.71. The molecule has 0 radical (unpaired) electrons. The van der Waals surface area contributed by atoms with Crippen LogP contribution in [0.4, 0.5) is 5.69 Å². The molecule has 1 atom stereocenters. The highest BCUT2D eigenvalue weighted by Crippen LogP contribution is 2.36. The number of nitrogens with zero attached hydrogens (tertiary/aromatic N) is 1. The van der Waals surface area contributed by atoms with Crippen molar-refractivity contribution in [3.63, 3.8) is 0 Å². The number of carbonyl (C=O) groups excluding carboxylic acids is 2. The summed E-state index contributed by atoms with van der Waals surface area (Å²) in [4.78, 5) is 26.6. The summed E-state index contributed by atoms with van der Waals surface area (Å²) < 4.78 is 0. The minimum Gasteiger partial charge on any atom is -0.312 e. The molecule has 22 heavy (non-hydrogen) atoms. The second kappa shape index (κ2) is 6.15. The number of anilines is 1. The Balaban J connectivity index is 1.87. The van der Waals surface area contributed by atoms with E-state index in [0.29, 0.717) is 0 Å². The van der Waals surface area contributed by atoms with Crippen molar-refractivity contribution in [3.8, 4) is 0 Å². The van der Waals surface area contributed by atoms with Gasteiger partial charge in [0.05, 0.1) is 4.83 Å². The summed E-state index contributed by atoms with van der Waals surface area (Å²) in [6.07, 6.45) is 3.98. The highest BCUT2D eigenvalue weighted by molar-refractivity contribution is 9.10. The fourth-order valence-electron chi connectivity index (χ4n) is 2.99. The highest BCUT2D eigenvalue weighted by Gasteiger charge is 2.35. The molecule has 1 saturated carbocycles. The molecule has 0 bridgehead atoms. The van der Waals surface area contributed by atoms with Gasteiger partial charge in [-0.25, -0.2) is 0 Å². The third-order valence-corrected chi connectivity index (χ3v) is 5.98. The smallest absolute Gasteiger partial charge is 0.230 e. The van der Waals surface area contributed by atoms with E-state index in [2.05, 4.69) is 15.9 Å². The first kappa shape index (κ1) is 15.7. The van der Waals surface area contributed by atoms with Crippen LogP contribution in [0.1, 0.15) is 49.0 Å². The molecule has 3 nitrogen and oxygen atoms in total. The van der Waals surface area contributed by atoms with E-state index in [1.807, 2.05) is 36.9 Å². The van der Waals surface area contributed by atoms with Gasteiger partial charge < -0.3 is 4.90 Å². The van der Waals surface area contributed by atoms with Crippen molar-refractivity contribution in [2.75, 3.05) is 11.4 Å². The van der Waals surface area contributed by atoms with Crippen molar-refractivity contribution in [1.82, 2.24) is 0 Å². The largest absolute Gasteiger partial charge is 0.312 e. The summed E-state index contributed by atoms with van der Waals surface area (Å²) >= 11 is 3.49. The van der Waals surface area contributed by atoms with E-state index in [0.717, 1.165) is 49.0 Å². The summed E-state index contributed by atoms with van der Waals surface area (Å²) in [7, 11) is 0. The summed E-state index contributed by atoms with van der Waals surface area (Å²) in [5.74, 6) is 0.889. The van der Waals surface area contributed by atoms with E-state index in [9.17, 15) is 9.59 Å². The predicted octanol–water partition coefficient (Wildman–Crippen LogP) is 3.98. The number of Topliss-reactive ketones (excluding diaryl/α,β-unsaturated/α-hetero) is 1. The number of fused-ring (bicyclic) bond motifs is 1. The monoisotopic (exact) mass is 363 g/mol. The molecule has 0 N–H and O–H groups in total. The fourth-order valence-corrected chi connectivity index (χ4v) is 3.26. The molecule has 1 aromatic carbocycles. The lowest BCUT2D eigenvalue weighted by Gasteiger charge is -2.30. The maximum Gasteiger partial charge on any atom is 0.230 e. The third-order valence-electron chi connectivity index (χ3n) is 4.51. The molecule has 1 amide bonds. The van der Waals surface area contributed by atoms with Crippen LogP contribution < -0.4 is 4.90 Å². The average Bonchev–Trinajstić information content (AvgIpc) is 3.36. The van der Waals surface area contributed by atoms with Gasteiger partial charge in [0, 0.05) is 23.7 Å². The molecule has 3 rings (SSSR count). The molecule has 1 heterocycles. The molecule has 1 aliphatic heterocycles. The van der Waals surface area contributed by atoms with Gasteiger partial charge >= 0.3 is 0 Å². The van der Waals surface area contributed by atoms with Crippen molar-refractivity contribution in [3.05, 3.63) is 29.3 Å². The van der Waals surface area contributed by atoms with Gasteiger partial charge in [-0.1, -0.05) is 29.8 Å². The lowest BCUT2D eigenvalue weighted by Crippen LogP contribution is -2.36. The Morgan fingerprint density at radius 1 is 1.27 bits per heavy atom. The summed E-state index contributed by atoms with van der Waals surface area (Å²) in [5, 5.41) is 0. The zero-order valence-electron chi connectivity index (χ0n) is 13.1. The predicted molar refractivity (Wildman–Crippen MR) is 91.7 cm³/mol. The average molecular weight is 364 g/mol. The zero-order chi connectivity index (χ0) is 15.9. The van der Waals surface area contributed by atoms with Crippen LogP contribution in [-0.4, -0.2) is 23.1 Å². The highest BCUT2D eigenvalue weighted by atomic mass is 79.9. The Morgan fingerprint density at radius 2 is 2.00 bits per heavy atom. The zero-order valence-corrected chi connectivity index (χ0v) is 14.7. The lowest BCUT2D eigenvalue weighted by molar-refractivity contribution is -0.119. The van der Waals surface area contributed by atoms with E-state index >= 15 is 0 Å². The minimum absolute atomic E-state index is 0.128. The molecule has 1 fully saturated rings. The molecule has 4 heteroatoms. The van der Waals surface area contributed by atoms with E-state index in [1.165, 1.54) is 0 Å². The third kappa shape index (κ3) is 2.98. The van der Waals surface area contributed by atoms with Crippen LogP contribution in [-0.2, 0) is 11.2 Å². The molecule has 1 aromatic rings. The van der Waals surface area contributed by atoms with Crippen molar-refractivity contribution in [2.24, 2.45) is 11.8 Å². The van der Waals surface area contributed by atoms with Crippen LogP contribution in [0, 0.1) is 11.8 Å². The van der Waals surface area contributed by atoms with Gasteiger partial charge in [0.15, 0.2) is 5.78 Å². The summed E-state index contributed by atoms with van der Waals surface area (Å²) in [6, 6.07) is 5.82. The van der Waals surface area contributed by atoms with Gasteiger partial charge in [0.2, 0.25) is 5.91 Å². The number of amides is 1. The van der Waals surface area contributed by atoms with Crippen molar-refractivity contribution in [2.45, 2.75) is 44.4 Å². The Morgan fingerprint density at radius 3 is 2.64 bits per heavy atom. The van der Waals surface area contributed by atoms with Gasteiger partial charge in [-0.2, -0.15) is 0 Å². The van der Waals surface area contributed by atoms with E-state index < -0.39 is 0 Å². The van der Waals surface area contributed by atoms with Crippen LogP contribution in [0.15, 0.2) is 18.2 Å². The van der Waals surface area contributed by atoms with E-state index in [4.69, 9.17) is 0 Å². The molecule has 1 unspecified atom stereocenters. The number of aryl methyl sites for hydroxylation is 1. The van der Waals surface area contributed by atoms with Gasteiger partial charge in [0.25, 0.3) is 0 Å². The van der Waals surface area contributed by atoms with Gasteiger partial charge in [-0.15, -0.1) is 0 Å². The number of hydrogen-bond donors (Lipinski definition) is 0. The Labute approximate surface area is 140 Å². The van der Waals surface area contributed by atoms with Crippen LogP contribution in [0.3, 0.4) is 0 Å². The standard InChI is InChI=1S/C18H22BrNO2/c1-11(2)16(19)17(21)14-7-8-15-13(10-14)4-3-9-20(15)18(22)12-5-6-12/h7-8,10-12,16H,3-6,9H2,1-2H3. The molecule has 0 aromatic heterocycles. The van der Waals surface area contributed by atoms with Crippen LogP contribution in [0.5, 0.6) is 0 Å². The normalized spacial score (nSPS) is 19.0. The summed E-state index contributed by atoms with van der Waals surface area (Å²) in [5.41, 5.74) is 2.89. The summed E-state index contributed by atoms with van der Waals surface area (Å²) in [6.45, 7) is 4.88. The second-order valence-electron chi connectivity index (χ2n) is 6.72. The lowest BCUT2D eigenvalue weighted by atomic mass is 9.94. The maximum atomic E-state index is 12.5. The molecular formula is C18H22BrNO2. The van der Waals surface area contributed by atoms with Crippen LogP contribution >= 0.6 is 15.9 Å². The molecule has 0 saturated heterocycles.